The molecule has 1 heterocycles. The van der Waals surface area contributed by atoms with Crippen molar-refractivity contribution in [2.24, 2.45) is 0 Å². The van der Waals surface area contributed by atoms with E-state index in [0.29, 0.717) is 0 Å². The number of hydrogen-bond acceptors (Lipinski definition) is 4. The lowest BCUT2D eigenvalue weighted by Crippen LogP contribution is -1.96. The van der Waals surface area contributed by atoms with Crippen LogP contribution < -0.4 is 0 Å². The predicted octanol–water partition coefficient (Wildman–Crippen LogP) is 3.30. The summed E-state index contributed by atoms with van der Waals surface area (Å²) in [7, 11) is 0. The molecule has 1 aromatic carbocycles. The van der Waals surface area contributed by atoms with Crippen molar-refractivity contribution in [3.05, 3.63) is 35.2 Å². The van der Waals surface area contributed by atoms with Gasteiger partial charge in [0.25, 0.3) is 0 Å². The second kappa shape index (κ2) is 5.33. The third-order valence-corrected chi connectivity index (χ3v) is 4.24. The Morgan fingerprint density at radius 2 is 2.12 bits per heavy atom. The number of aryl methyl sites for hydroxylation is 1. The van der Waals surface area contributed by atoms with Crippen LogP contribution >= 0.6 is 23.1 Å². The largest absolute Gasteiger partial charge is 0.481 e. The Hall–Kier alpha value is -1.33. The maximum Gasteiger partial charge on any atom is 0.313 e. The van der Waals surface area contributed by atoms with Crippen molar-refractivity contribution in [3.8, 4) is 11.3 Å². The standard InChI is InChI=1S/C12H11NO2S2/c1-8-11(9-5-3-2-4-6-9)13-12(17-8)16-7-10(14)15/h2-6H,7H2,1H3,(H,14,15). The third kappa shape index (κ3) is 3.08. The molecule has 0 aliphatic heterocycles. The molecule has 5 heteroatoms. The van der Waals surface area contributed by atoms with Gasteiger partial charge in [-0.15, -0.1) is 11.3 Å². The van der Waals surface area contributed by atoms with Crippen LogP contribution in [0.3, 0.4) is 0 Å². The van der Waals surface area contributed by atoms with Gasteiger partial charge in [0.2, 0.25) is 0 Å². The molecule has 0 aliphatic rings. The Morgan fingerprint density at radius 1 is 1.41 bits per heavy atom. The van der Waals surface area contributed by atoms with Crippen LogP contribution in [-0.2, 0) is 4.79 Å². The van der Waals surface area contributed by atoms with Crippen LogP contribution in [0, 0.1) is 6.92 Å². The van der Waals surface area contributed by atoms with Gasteiger partial charge in [0.15, 0.2) is 4.34 Å². The smallest absolute Gasteiger partial charge is 0.313 e. The van der Waals surface area contributed by atoms with Crippen LogP contribution in [0.4, 0.5) is 0 Å². The van der Waals surface area contributed by atoms with E-state index < -0.39 is 5.97 Å². The topological polar surface area (TPSA) is 50.2 Å². The van der Waals surface area contributed by atoms with Crippen molar-refractivity contribution in [1.29, 1.82) is 0 Å². The molecule has 0 aliphatic carbocycles. The number of nitrogens with zero attached hydrogens (tertiary/aromatic N) is 1. The summed E-state index contributed by atoms with van der Waals surface area (Å²) in [6.45, 7) is 2.00. The van der Waals surface area contributed by atoms with Crippen molar-refractivity contribution >= 4 is 29.1 Å². The number of aliphatic carboxylic acids is 1. The summed E-state index contributed by atoms with van der Waals surface area (Å²) in [4.78, 5) is 16.1. The van der Waals surface area contributed by atoms with Gasteiger partial charge in [-0.3, -0.25) is 4.79 Å². The van der Waals surface area contributed by atoms with Gasteiger partial charge in [-0.2, -0.15) is 0 Å². The van der Waals surface area contributed by atoms with Crippen molar-refractivity contribution in [2.45, 2.75) is 11.3 Å². The van der Waals surface area contributed by atoms with Gasteiger partial charge in [0, 0.05) is 10.4 Å². The van der Waals surface area contributed by atoms with Gasteiger partial charge < -0.3 is 5.11 Å². The normalized spacial score (nSPS) is 10.4. The molecule has 0 bridgehead atoms. The molecule has 88 valence electrons. The first-order valence-corrected chi connectivity index (χ1v) is 6.84. The summed E-state index contributed by atoms with van der Waals surface area (Å²) in [5.41, 5.74) is 2.02. The number of carboxylic acids is 1. The van der Waals surface area contributed by atoms with Crippen molar-refractivity contribution in [3.63, 3.8) is 0 Å². The highest BCUT2D eigenvalue weighted by molar-refractivity contribution is 8.01. The lowest BCUT2D eigenvalue weighted by molar-refractivity contribution is -0.133. The SMILES string of the molecule is Cc1sc(SCC(=O)O)nc1-c1ccccc1. The van der Waals surface area contributed by atoms with Gasteiger partial charge in [-0.25, -0.2) is 4.98 Å². The minimum atomic E-state index is -0.816. The first-order valence-electron chi connectivity index (χ1n) is 5.04. The Labute approximate surface area is 108 Å². The molecular formula is C12H11NO2S2. The number of carboxylic acid groups (broad SMARTS) is 1. The average molecular weight is 265 g/mol. The van der Waals surface area contributed by atoms with E-state index in [9.17, 15) is 4.79 Å². The molecule has 0 amide bonds. The van der Waals surface area contributed by atoms with Crippen LogP contribution in [0.25, 0.3) is 11.3 Å². The number of carbonyl (C=O) groups is 1. The fourth-order valence-electron chi connectivity index (χ4n) is 1.42. The molecule has 1 N–H and O–H groups in total. The van der Waals surface area contributed by atoms with Crippen LogP contribution in [0.15, 0.2) is 34.7 Å². The van der Waals surface area contributed by atoms with E-state index >= 15 is 0 Å². The molecule has 0 fully saturated rings. The molecule has 0 spiro atoms. The van der Waals surface area contributed by atoms with Gasteiger partial charge >= 0.3 is 5.97 Å². The van der Waals surface area contributed by atoms with Crippen molar-refractivity contribution in [2.75, 3.05) is 5.75 Å². The Bertz CT molecular complexity index is 523. The quantitative estimate of drug-likeness (QED) is 0.862. The summed E-state index contributed by atoms with van der Waals surface area (Å²) in [5, 5.41) is 8.62. The summed E-state index contributed by atoms with van der Waals surface area (Å²) >= 11 is 2.81. The van der Waals surface area contributed by atoms with Crippen LogP contribution in [0.1, 0.15) is 4.88 Å². The van der Waals surface area contributed by atoms with E-state index in [2.05, 4.69) is 4.98 Å². The van der Waals surface area contributed by atoms with E-state index in [4.69, 9.17) is 5.11 Å². The number of rotatable bonds is 4. The van der Waals surface area contributed by atoms with E-state index in [1.54, 1.807) is 0 Å². The highest BCUT2D eigenvalue weighted by Gasteiger charge is 2.10. The lowest BCUT2D eigenvalue weighted by atomic mass is 10.1. The van der Waals surface area contributed by atoms with Crippen molar-refractivity contribution in [1.82, 2.24) is 4.98 Å². The highest BCUT2D eigenvalue weighted by Crippen LogP contribution is 2.32. The van der Waals surface area contributed by atoms with E-state index in [1.165, 1.54) is 23.1 Å². The molecule has 2 aromatic rings. The number of hydrogen-bond donors (Lipinski definition) is 1. The van der Waals surface area contributed by atoms with E-state index in [-0.39, 0.29) is 5.75 Å². The van der Waals surface area contributed by atoms with Gasteiger partial charge in [0.1, 0.15) is 0 Å². The number of thioether (sulfide) groups is 1. The summed E-state index contributed by atoms with van der Waals surface area (Å²) in [6.07, 6.45) is 0. The number of thiazole rings is 1. The van der Waals surface area contributed by atoms with Crippen molar-refractivity contribution < 1.29 is 9.90 Å². The summed E-state index contributed by atoms with van der Waals surface area (Å²) in [6, 6.07) is 9.92. The summed E-state index contributed by atoms with van der Waals surface area (Å²) < 4.78 is 0.809. The highest BCUT2D eigenvalue weighted by atomic mass is 32.2. The third-order valence-electron chi connectivity index (χ3n) is 2.14. The average Bonchev–Trinajstić information content (AvgIpc) is 2.69. The first kappa shape index (κ1) is 12.1. The maximum absolute atomic E-state index is 10.5. The molecule has 1 aromatic heterocycles. The molecule has 2 rings (SSSR count). The molecular weight excluding hydrogens is 254 g/mol. The molecule has 0 radical (unpaired) electrons. The fraction of sp³-hybridized carbons (Fsp3) is 0.167. The second-order valence-electron chi connectivity index (χ2n) is 3.43. The second-order valence-corrected chi connectivity index (χ2v) is 5.86. The zero-order chi connectivity index (χ0) is 12.3. The van der Waals surface area contributed by atoms with Gasteiger partial charge in [-0.1, -0.05) is 42.1 Å². The van der Waals surface area contributed by atoms with Crippen LogP contribution in [-0.4, -0.2) is 21.8 Å². The summed E-state index contributed by atoms with van der Waals surface area (Å²) in [5.74, 6) is -0.759. The minimum Gasteiger partial charge on any atom is -0.481 e. The monoisotopic (exact) mass is 265 g/mol. The molecule has 0 saturated carbocycles. The first-order chi connectivity index (χ1) is 8.16. The molecule has 17 heavy (non-hydrogen) atoms. The van der Waals surface area contributed by atoms with E-state index in [1.807, 2.05) is 37.3 Å². The Morgan fingerprint density at radius 3 is 2.76 bits per heavy atom. The molecule has 0 atom stereocenters. The fourth-order valence-corrected chi connectivity index (χ4v) is 3.27. The van der Waals surface area contributed by atoms with E-state index in [0.717, 1.165) is 20.5 Å². The van der Waals surface area contributed by atoms with Crippen LogP contribution in [0.5, 0.6) is 0 Å². The minimum absolute atomic E-state index is 0.0567. The van der Waals surface area contributed by atoms with Gasteiger partial charge in [0.05, 0.1) is 11.4 Å². The Kier molecular flexibility index (Phi) is 3.81. The zero-order valence-electron chi connectivity index (χ0n) is 9.21. The number of benzene rings is 1. The Balaban J connectivity index is 2.22. The van der Waals surface area contributed by atoms with Crippen LogP contribution in [0.2, 0.25) is 0 Å². The molecule has 0 unspecified atom stereocenters. The predicted molar refractivity (Wildman–Crippen MR) is 70.6 cm³/mol. The zero-order valence-corrected chi connectivity index (χ0v) is 10.8. The lowest BCUT2D eigenvalue weighted by Gasteiger charge is -1.96. The number of aromatic nitrogens is 1. The maximum atomic E-state index is 10.5. The molecule has 3 nitrogen and oxygen atoms in total. The van der Waals surface area contributed by atoms with Gasteiger partial charge in [-0.05, 0) is 6.92 Å². The molecule has 0 saturated heterocycles.